The Labute approximate surface area is 177 Å². The first-order chi connectivity index (χ1) is 14.3. The van der Waals surface area contributed by atoms with Crippen molar-refractivity contribution >= 4 is 33.0 Å². The Morgan fingerprint density at radius 3 is 2.30 bits per heavy atom. The number of nitrogens with one attached hydrogen (secondary N) is 1. The van der Waals surface area contributed by atoms with Crippen LogP contribution in [0.3, 0.4) is 0 Å². The average Bonchev–Trinajstić information content (AvgIpc) is 3.26. The lowest BCUT2D eigenvalue weighted by atomic mass is 10.2. The number of sulfonamides is 1. The van der Waals surface area contributed by atoms with E-state index in [-0.39, 0.29) is 5.69 Å². The first-order valence-corrected chi connectivity index (χ1v) is 11.5. The van der Waals surface area contributed by atoms with Crippen molar-refractivity contribution in [3.05, 3.63) is 42.5 Å². The molecule has 2 aromatic carbocycles. The number of nitrogens with zero attached hydrogens (tertiary/aromatic N) is 2. The zero-order chi connectivity index (χ0) is 21.7. The number of hydrogen-bond acceptors (Lipinski definition) is 6. The number of hydrogen-bond donors (Lipinski definition) is 1. The maximum absolute atomic E-state index is 12.6. The molecule has 3 rings (SSSR count). The summed E-state index contributed by atoms with van der Waals surface area (Å²) in [7, 11) is -0.831. The van der Waals surface area contributed by atoms with Crippen molar-refractivity contribution in [1.29, 1.82) is 0 Å². The molecule has 9 heteroatoms. The van der Waals surface area contributed by atoms with Crippen LogP contribution in [-0.2, 0) is 14.8 Å². The van der Waals surface area contributed by atoms with E-state index in [0.717, 1.165) is 29.3 Å². The second-order valence-corrected chi connectivity index (χ2v) is 9.00. The second kappa shape index (κ2) is 9.25. The molecule has 30 heavy (non-hydrogen) atoms. The Morgan fingerprint density at radius 1 is 1.07 bits per heavy atom. The largest absolute Gasteiger partial charge is 0.497 e. The SMILES string of the molecule is COc1ccc(OC)c(N(CC(=O)Nc2ccc(N3CCCC3)cc2)S(C)(=O)=O)c1. The number of carbonyl (C=O) groups is 1. The summed E-state index contributed by atoms with van der Waals surface area (Å²) >= 11 is 0. The molecular formula is C21H27N3O5S. The van der Waals surface area contributed by atoms with Crippen LogP contribution >= 0.6 is 0 Å². The molecule has 1 saturated heterocycles. The molecule has 1 aliphatic rings. The monoisotopic (exact) mass is 433 g/mol. The molecule has 0 aromatic heterocycles. The van der Waals surface area contributed by atoms with Crippen molar-refractivity contribution < 1.29 is 22.7 Å². The lowest BCUT2D eigenvalue weighted by Gasteiger charge is -2.24. The first kappa shape index (κ1) is 21.8. The molecule has 0 atom stereocenters. The second-order valence-electron chi connectivity index (χ2n) is 7.10. The van der Waals surface area contributed by atoms with Crippen molar-refractivity contribution in [3.8, 4) is 11.5 Å². The van der Waals surface area contributed by atoms with Gasteiger partial charge in [0.25, 0.3) is 0 Å². The van der Waals surface area contributed by atoms with E-state index in [1.807, 2.05) is 24.3 Å². The van der Waals surface area contributed by atoms with Gasteiger partial charge in [-0.25, -0.2) is 8.42 Å². The van der Waals surface area contributed by atoms with E-state index in [0.29, 0.717) is 17.2 Å². The van der Waals surface area contributed by atoms with Crippen LogP contribution in [0.15, 0.2) is 42.5 Å². The van der Waals surface area contributed by atoms with E-state index in [1.54, 1.807) is 12.1 Å². The van der Waals surface area contributed by atoms with Crippen LogP contribution in [0, 0.1) is 0 Å². The summed E-state index contributed by atoms with van der Waals surface area (Å²) in [5.41, 5.74) is 1.96. The minimum atomic E-state index is -3.75. The number of carbonyl (C=O) groups excluding carboxylic acids is 1. The molecule has 0 bridgehead atoms. The van der Waals surface area contributed by atoms with Gasteiger partial charge < -0.3 is 19.7 Å². The Hall–Kier alpha value is -2.94. The van der Waals surface area contributed by atoms with Crippen molar-refractivity contribution in [2.24, 2.45) is 0 Å². The van der Waals surface area contributed by atoms with Gasteiger partial charge >= 0.3 is 0 Å². The minimum absolute atomic E-state index is 0.235. The molecule has 162 valence electrons. The van der Waals surface area contributed by atoms with Gasteiger partial charge in [0, 0.05) is 30.5 Å². The molecule has 1 heterocycles. The molecule has 8 nitrogen and oxygen atoms in total. The number of methoxy groups -OCH3 is 2. The van der Waals surface area contributed by atoms with Gasteiger partial charge in [-0.15, -0.1) is 0 Å². The zero-order valence-corrected chi connectivity index (χ0v) is 18.2. The highest BCUT2D eigenvalue weighted by Gasteiger charge is 2.25. The van der Waals surface area contributed by atoms with E-state index in [4.69, 9.17) is 9.47 Å². The summed E-state index contributed by atoms with van der Waals surface area (Å²) in [5.74, 6) is 0.320. The summed E-state index contributed by atoms with van der Waals surface area (Å²) in [4.78, 5) is 14.9. The molecule has 0 unspecified atom stereocenters. The smallest absolute Gasteiger partial charge is 0.245 e. The predicted molar refractivity (Wildman–Crippen MR) is 118 cm³/mol. The maximum atomic E-state index is 12.6. The molecular weight excluding hydrogens is 406 g/mol. The highest BCUT2D eigenvalue weighted by molar-refractivity contribution is 7.92. The molecule has 1 fully saturated rings. The van der Waals surface area contributed by atoms with Crippen LogP contribution in [-0.4, -0.2) is 54.4 Å². The first-order valence-electron chi connectivity index (χ1n) is 9.66. The fourth-order valence-corrected chi connectivity index (χ4v) is 4.29. The van der Waals surface area contributed by atoms with Gasteiger partial charge in [-0.05, 0) is 49.2 Å². The lowest BCUT2D eigenvalue weighted by molar-refractivity contribution is -0.114. The van der Waals surface area contributed by atoms with Gasteiger partial charge in [-0.3, -0.25) is 9.10 Å². The van der Waals surface area contributed by atoms with Crippen LogP contribution in [0.5, 0.6) is 11.5 Å². The highest BCUT2D eigenvalue weighted by Crippen LogP contribution is 2.33. The Morgan fingerprint density at radius 2 is 1.73 bits per heavy atom. The Balaban J connectivity index is 1.76. The van der Waals surface area contributed by atoms with E-state index < -0.39 is 22.5 Å². The highest BCUT2D eigenvalue weighted by atomic mass is 32.2. The molecule has 1 aliphatic heterocycles. The maximum Gasteiger partial charge on any atom is 0.245 e. The zero-order valence-electron chi connectivity index (χ0n) is 17.4. The standard InChI is InChI=1S/C21H27N3O5S/c1-28-18-10-11-20(29-2)19(14-18)24(30(3,26)27)15-21(25)22-16-6-8-17(9-7-16)23-12-4-5-13-23/h6-11,14H,4-5,12-13,15H2,1-3H3,(H,22,25). The minimum Gasteiger partial charge on any atom is -0.497 e. The summed E-state index contributed by atoms with van der Waals surface area (Å²) < 4.78 is 36.3. The number of anilines is 3. The summed E-state index contributed by atoms with van der Waals surface area (Å²) in [5, 5.41) is 2.76. The van der Waals surface area contributed by atoms with Crippen molar-refractivity contribution in [3.63, 3.8) is 0 Å². The van der Waals surface area contributed by atoms with Crippen molar-refractivity contribution in [1.82, 2.24) is 0 Å². The number of ether oxygens (including phenoxy) is 2. The Kier molecular flexibility index (Phi) is 6.71. The van der Waals surface area contributed by atoms with Crippen LogP contribution < -0.4 is 24.0 Å². The van der Waals surface area contributed by atoms with E-state index >= 15 is 0 Å². The molecule has 0 radical (unpaired) electrons. The molecule has 2 aromatic rings. The van der Waals surface area contributed by atoms with E-state index in [1.165, 1.54) is 33.1 Å². The topological polar surface area (TPSA) is 88.2 Å². The van der Waals surface area contributed by atoms with Gasteiger partial charge in [0.05, 0.1) is 26.2 Å². The number of amides is 1. The third-order valence-electron chi connectivity index (χ3n) is 4.96. The average molecular weight is 434 g/mol. The van der Waals surface area contributed by atoms with Crippen LogP contribution in [0.25, 0.3) is 0 Å². The van der Waals surface area contributed by atoms with Crippen molar-refractivity contribution in [2.75, 3.05) is 54.6 Å². The number of rotatable bonds is 8. The quantitative estimate of drug-likeness (QED) is 0.689. The third-order valence-corrected chi connectivity index (χ3v) is 6.09. The third kappa shape index (κ3) is 5.15. The van der Waals surface area contributed by atoms with Crippen LogP contribution in [0.2, 0.25) is 0 Å². The molecule has 1 N–H and O–H groups in total. The summed E-state index contributed by atoms with van der Waals surface area (Å²) in [6, 6.07) is 12.3. The van der Waals surface area contributed by atoms with Gasteiger partial charge in [0.15, 0.2) is 0 Å². The van der Waals surface area contributed by atoms with E-state index in [9.17, 15) is 13.2 Å². The summed E-state index contributed by atoms with van der Waals surface area (Å²) in [6.07, 6.45) is 3.42. The fourth-order valence-electron chi connectivity index (χ4n) is 3.43. The van der Waals surface area contributed by atoms with Gasteiger partial charge in [-0.2, -0.15) is 0 Å². The molecule has 0 spiro atoms. The molecule has 1 amide bonds. The van der Waals surface area contributed by atoms with E-state index in [2.05, 4.69) is 10.2 Å². The van der Waals surface area contributed by atoms with Gasteiger partial charge in [0.1, 0.15) is 18.0 Å². The molecule has 0 aliphatic carbocycles. The fraction of sp³-hybridized carbons (Fsp3) is 0.381. The van der Waals surface area contributed by atoms with Crippen molar-refractivity contribution in [2.45, 2.75) is 12.8 Å². The van der Waals surface area contributed by atoms with Crippen LogP contribution in [0.1, 0.15) is 12.8 Å². The number of benzene rings is 2. The van der Waals surface area contributed by atoms with Crippen LogP contribution in [0.4, 0.5) is 17.1 Å². The summed E-state index contributed by atoms with van der Waals surface area (Å²) in [6.45, 7) is 1.69. The Bertz CT molecular complexity index is 986. The van der Waals surface area contributed by atoms with Gasteiger partial charge in [0.2, 0.25) is 15.9 Å². The predicted octanol–water partition coefficient (Wildman–Crippen LogP) is 2.71. The molecule has 0 saturated carbocycles. The normalized spacial score (nSPS) is 13.8. The van der Waals surface area contributed by atoms with Gasteiger partial charge in [-0.1, -0.05) is 0 Å². The lowest BCUT2D eigenvalue weighted by Crippen LogP contribution is -2.37.